The van der Waals surface area contributed by atoms with Crippen LogP contribution in [0.3, 0.4) is 0 Å². The molecule has 1 aliphatic rings. The SMILES string of the molecule is CCCc1sc(C=C2C(=O)Nc3ncc(N)cc32)cc1C. The molecule has 21 heavy (non-hydrogen) atoms. The van der Waals surface area contributed by atoms with Gasteiger partial charge in [-0.25, -0.2) is 4.98 Å². The molecule has 0 spiro atoms. The molecule has 3 N–H and O–H groups in total. The second kappa shape index (κ2) is 5.33. The molecule has 0 saturated heterocycles. The minimum Gasteiger partial charge on any atom is -0.397 e. The lowest BCUT2D eigenvalue weighted by Gasteiger charge is -1.98. The van der Waals surface area contributed by atoms with Crippen molar-refractivity contribution in [2.24, 2.45) is 0 Å². The molecular weight excluding hydrogens is 282 g/mol. The van der Waals surface area contributed by atoms with Crippen molar-refractivity contribution < 1.29 is 4.79 Å². The zero-order chi connectivity index (χ0) is 15.0. The largest absolute Gasteiger partial charge is 0.397 e. The highest BCUT2D eigenvalue weighted by Gasteiger charge is 2.25. The quantitative estimate of drug-likeness (QED) is 0.853. The third kappa shape index (κ3) is 2.56. The van der Waals surface area contributed by atoms with Crippen molar-refractivity contribution in [2.75, 3.05) is 11.1 Å². The number of hydrogen-bond acceptors (Lipinski definition) is 4. The van der Waals surface area contributed by atoms with Crippen LogP contribution >= 0.6 is 11.3 Å². The second-order valence-electron chi connectivity index (χ2n) is 5.18. The topological polar surface area (TPSA) is 68.0 Å². The molecule has 0 saturated carbocycles. The third-order valence-corrected chi connectivity index (χ3v) is 4.72. The molecule has 3 heterocycles. The molecule has 0 atom stereocenters. The molecule has 2 aromatic heterocycles. The molecule has 108 valence electrons. The molecule has 0 aromatic carbocycles. The first-order chi connectivity index (χ1) is 10.1. The number of carbonyl (C=O) groups excluding carboxylic acids is 1. The Morgan fingerprint density at radius 1 is 1.43 bits per heavy atom. The number of carbonyl (C=O) groups is 1. The normalized spacial score (nSPS) is 15.3. The van der Waals surface area contributed by atoms with Crippen LogP contribution in [0.15, 0.2) is 18.3 Å². The van der Waals surface area contributed by atoms with Crippen LogP contribution in [0.25, 0.3) is 11.6 Å². The van der Waals surface area contributed by atoms with E-state index in [1.807, 2.05) is 6.08 Å². The van der Waals surface area contributed by atoms with E-state index in [4.69, 9.17) is 5.73 Å². The Morgan fingerprint density at radius 2 is 2.24 bits per heavy atom. The standard InChI is InChI=1S/C16H17N3OS/c1-3-4-14-9(2)5-11(21-14)7-13-12-6-10(17)8-18-15(12)19-16(13)20/h5-8H,3-4,17H2,1-2H3,(H,18,19,20). The minimum absolute atomic E-state index is 0.119. The average Bonchev–Trinajstić information content (AvgIpc) is 2.93. The summed E-state index contributed by atoms with van der Waals surface area (Å²) in [6.45, 7) is 4.29. The summed E-state index contributed by atoms with van der Waals surface area (Å²) in [6.07, 6.45) is 5.69. The molecule has 0 fully saturated rings. The van der Waals surface area contributed by atoms with Crippen molar-refractivity contribution >= 4 is 40.4 Å². The first kappa shape index (κ1) is 13.8. The van der Waals surface area contributed by atoms with Crippen molar-refractivity contribution in [1.82, 2.24) is 4.98 Å². The Hall–Kier alpha value is -2.14. The van der Waals surface area contributed by atoms with Crippen molar-refractivity contribution in [3.63, 3.8) is 0 Å². The van der Waals surface area contributed by atoms with Gasteiger partial charge >= 0.3 is 0 Å². The fourth-order valence-electron chi connectivity index (χ4n) is 2.46. The summed E-state index contributed by atoms with van der Waals surface area (Å²) in [5.41, 5.74) is 9.04. The molecule has 0 aliphatic carbocycles. The number of pyridine rings is 1. The molecule has 2 aromatic rings. The number of nitrogens with zero attached hydrogens (tertiary/aromatic N) is 1. The van der Waals surface area contributed by atoms with Gasteiger partial charge in [-0.1, -0.05) is 13.3 Å². The maximum Gasteiger partial charge on any atom is 0.257 e. The van der Waals surface area contributed by atoms with E-state index in [9.17, 15) is 4.79 Å². The summed E-state index contributed by atoms with van der Waals surface area (Å²) in [5.74, 6) is 0.466. The number of aromatic nitrogens is 1. The van der Waals surface area contributed by atoms with Crippen LogP contribution < -0.4 is 11.1 Å². The van der Waals surface area contributed by atoms with E-state index in [0.717, 1.165) is 23.3 Å². The van der Waals surface area contributed by atoms with Gasteiger partial charge < -0.3 is 11.1 Å². The lowest BCUT2D eigenvalue weighted by atomic mass is 10.1. The fourth-order valence-corrected chi connectivity index (χ4v) is 3.68. The number of anilines is 2. The van der Waals surface area contributed by atoms with E-state index in [1.165, 1.54) is 10.4 Å². The number of nitrogens with two attached hydrogens (primary N) is 1. The van der Waals surface area contributed by atoms with Crippen LogP contribution in [0.5, 0.6) is 0 Å². The predicted octanol–water partition coefficient (Wildman–Crippen LogP) is 3.48. The van der Waals surface area contributed by atoms with Gasteiger partial charge in [0.1, 0.15) is 5.82 Å². The zero-order valence-corrected chi connectivity index (χ0v) is 12.9. The van der Waals surface area contributed by atoms with Gasteiger partial charge in [-0.15, -0.1) is 11.3 Å². The maximum absolute atomic E-state index is 12.1. The molecule has 5 heteroatoms. The van der Waals surface area contributed by atoms with Crippen molar-refractivity contribution in [2.45, 2.75) is 26.7 Å². The Bertz CT molecular complexity index is 746. The molecule has 0 unspecified atom stereocenters. The molecule has 1 aliphatic heterocycles. The monoisotopic (exact) mass is 299 g/mol. The summed E-state index contributed by atoms with van der Waals surface area (Å²) in [5, 5.41) is 2.77. The molecule has 4 nitrogen and oxygen atoms in total. The zero-order valence-electron chi connectivity index (χ0n) is 12.1. The van der Waals surface area contributed by atoms with E-state index >= 15 is 0 Å². The number of nitrogens with one attached hydrogen (secondary N) is 1. The Labute approximate surface area is 127 Å². The van der Waals surface area contributed by atoms with Crippen molar-refractivity contribution in [3.05, 3.63) is 39.2 Å². The summed E-state index contributed by atoms with van der Waals surface area (Å²) < 4.78 is 0. The number of hydrogen-bond donors (Lipinski definition) is 2. The Morgan fingerprint density at radius 3 is 3.00 bits per heavy atom. The number of fused-ring (bicyclic) bond motifs is 1. The molecule has 3 rings (SSSR count). The van der Waals surface area contributed by atoms with Crippen molar-refractivity contribution in [1.29, 1.82) is 0 Å². The summed E-state index contributed by atoms with van der Waals surface area (Å²) in [4.78, 5) is 18.7. The van der Waals surface area contributed by atoms with Crippen LogP contribution in [0.4, 0.5) is 11.5 Å². The van der Waals surface area contributed by atoms with Crippen LogP contribution in [0.2, 0.25) is 0 Å². The van der Waals surface area contributed by atoms with Gasteiger partial charge in [-0.3, -0.25) is 4.79 Å². The number of rotatable bonds is 3. The van der Waals surface area contributed by atoms with Gasteiger partial charge in [0, 0.05) is 15.3 Å². The molecule has 0 bridgehead atoms. The van der Waals surface area contributed by atoms with Crippen LogP contribution in [0, 0.1) is 6.92 Å². The number of aryl methyl sites for hydroxylation is 2. The van der Waals surface area contributed by atoms with Gasteiger partial charge in [0.25, 0.3) is 5.91 Å². The molecular formula is C16H17N3OS. The maximum atomic E-state index is 12.1. The predicted molar refractivity (Wildman–Crippen MR) is 88.2 cm³/mol. The van der Waals surface area contributed by atoms with E-state index < -0.39 is 0 Å². The van der Waals surface area contributed by atoms with Gasteiger partial charge in [0.15, 0.2) is 0 Å². The summed E-state index contributed by atoms with van der Waals surface area (Å²) in [6, 6.07) is 3.92. The van der Waals surface area contributed by atoms with Gasteiger partial charge in [-0.05, 0) is 37.1 Å². The van der Waals surface area contributed by atoms with E-state index in [-0.39, 0.29) is 5.91 Å². The van der Waals surface area contributed by atoms with Crippen molar-refractivity contribution in [3.8, 4) is 0 Å². The first-order valence-electron chi connectivity index (χ1n) is 6.96. The molecule has 0 radical (unpaired) electrons. The summed E-state index contributed by atoms with van der Waals surface area (Å²) in [7, 11) is 0. The highest BCUT2D eigenvalue weighted by atomic mass is 32.1. The smallest absolute Gasteiger partial charge is 0.257 e. The first-order valence-corrected chi connectivity index (χ1v) is 7.78. The summed E-state index contributed by atoms with van der Waals surface area (Å²) >= 11 is 1.74. The van der Waals surface area contributed by atoms with Gasteiger partial charge in [-0.2, -0.15) is 0 Å². The number of amides is 1. The lowest BCUT2D eigenvalue weighted by molar-refractivity contribution is -0.110. The minimum atomic E-state index is -0.119. The number of thiophene rings is 1. The van der Waals surface area contributed by atoms with E-state index in [0.29, 0.717) is 17.1 Å². The highest BCUT2D eigenvalue weighted by Crippen LogP contribution is 2.34. The van der Waals surface area contributed by atoms with Gasteiger partial charge in [0.2, 0.25) is 0 Å². The number of nitrogen functional groups attached to an aromatic ring is 1. The lowest BCUT2D eigenvalue weighted by Crippen LogP contribution is -2.04. The van der Waals surface area contributed by atoms with Gasteiger partial charge in [0.05, 0.1) is 17.5 Å². The highest BCUT2D eigenvalue weighted by molar-refractivity contribution is 7.13. The third-order valence-electron chi connectivity index (χ3n) is 3.48. The van der Waals surface area contributed by atoms with Crippen LogP contribution in [-0.4, -0.2) is 10.9 Å². The average molecular weight is 299 g/mol. The van der Waals surface area contributed by atoms with E-state index in [2.05, 4.69) is 30.2 Å². The molecule has 1 amide bonds. The van der Waals surface area contributed by atoms with Crippen LogP contribution in [0.1, 0.15) is 34.2 Å². The fraction of sp³-hybridized carbons (Fsp3) is 0.250. The van der Waals surface area contributed by atoms with Crippen LogP contribution in [-0.2, 0) is 11.2 Å². The second-order valence-corrected chi connectivity index (χ2v) is 6.35. The Balaban J connectivity index is 2.02. The Kier molecular flexibility index (Phi) is 3.51. The van der Waals surface area contributed by atoms with E-state index in [1.54, 1.807) is 23.6 Å².